The van der Waals surface area contributed by atoms with Gasteiger partial charge < -0.3 is 0 Å². The Labute approximate surface area is 51.0 Å². The first-order chi connectivity index (χ1) is 3.29. The van der Waals surface area contributed by atoms with E-state index in [9.17, 15) is 0 Å². The second-order valence-electron chi connectivity index (χ2n) is 1.45. The summed E-state index contributed by atoms with van der Waals surface area (Å²) in [6.45, 7) is 0. The zero-order valence-corrected chi connectivity index (χ0v) is 6.55. The number of nitrogens with zero attached hydrogens (tertiary/aromatic N) is 2. The van der Waals surface area contributed by atoms with Crippen LogP contribution in [0.25, 0.3) is 0 Å². The van der Waals surface area contributed by atoms with E-state index in [2.05, 4.69) is 5.10 Å². The van der Waals surface area contributed by atoms with E-state index in [1.807, 2.05) is 19.4 Å². The summed E-state index contributed by atoms with van der Waals surface area (Å²) in [7, 11) is 1.92. The predicted molar refractivity (Wildman–Crippen MR) is 31.4 cm³/mol. The van der Waals surface area contributed by atoms with Crippen LogP contribution in [0.3, 0.4) is 0 Å². The molecule has 1 rings (SSSR count). The first-order valence-corrected chi connectivity index (χ1v) is 3.24. The van der Waals surface area contributed by atoms with Gasteiger partial charge in [0.1, 0.15) is 0 Å². The number of hydrogen-bond donors (Lipinski definition) is 0. The Hall–Kier alpha value is -0.232. The molecule has 0 amide bonds. The van der Waals surface area contributed by atoms with Crippen molar-refractivity contribution in [2.75, 3.05) is 0 Å². The fourth-order valence-corrected chi connectivity index (χ4v) is 1.03. The van der Waals surface area contributed by atoms with Crippen LogP contribution in [0.1, 0.15) is 0 Å². The fourth-order valence-electron chi connectivity index (χ4n) is 0.440. The van der Waals surface area contributed by atoms with Crippen LogP contribution in [0.4, 0.5) is 0 Å². The van der Waals surface area contributed by atoms with Gasteiger partial charge in [-0.1, -0.05) is 0 Å². The standard InChI is InChI=1S/C4H7AsN2/c1-7-3-4(5)2-6-7/h2-3H,5H2,1H3. The van der Waals surface area contributed by atoms with Crippen molar-refractivity contribution in [3.05, 3.63) is 12.4 Å². The van der Waals surface area contributed by atoms with Crippen molar-refractivity contribution in [2.45, 2.75) is 0 Å². The molecule has 0 saturated carbocycles. The molecule has 7 heavy (non-hydrogen) atoms. The molecular weight excluding hydrogens is 151 g/mol. The normalized spacial score (nSPS) is 9.43. The molecule has 0 fully saturated rings. The maximum atomic E-state index is 3.95. The van der Waals surface area contributed by atoms with Crippen LogP contribution < -0.4 is 4.35 Å². The van der Waals surface area contributed by atoms with Crippen molar-refractivity contribution < 1.29 is 0 Å². The van der Waals surface area contributed by atoms with E-state index in [1.165, 1.54) is 4.35 Å². The van der Waals surface area contributed by atoms with Crippen molar-refractivity contribution in [2.24, 2.45) is 7.05 Å². The Bertz CT molecular complexity index is 142. The molecular formula is C4H7AsN2. The summed E-state index contributed by atoms with van der Waals surface area (Å²) in [6, 6.07) is 0. The molecule has 0 radical (unpaired) electrons. The van der Waals surface area contributed by atoms with Gasteiger partial charge >= 0.3 is 50.4 Å². The average Bonchev–Trinajstić information content (AvgIpc) is 1.87. The summed E-state index contributed by atoms with van der Waals surface area (Å²) in [5.74, 6) is 0. The average molecular weight is 158 g/mol. The first-order valence-electron chi connectivity index (χ1n) is 2.03. The van der Waals surface area contributed by atoms with Gasteiger partial charge in [-0.3, -0.25) is 0 Å². The summed E-state index contributed by atoms with van der Waals surface area (Å²) in [6.07, 6.45) is 3.86. The Morgan fingerprint density at radius 1 is 1.86 bits per heavy atom. The second kappa shape index (κ2) is 1.71. The van der Waals surface area contributed by atoms with Gasteiger partial charge in [-0.05, 0) is 0 Å². The Kier molecular flexibility index (Phi) is 1.20. The molecule has 0 bridgehead atoms. The van der Waals surface area contributed by atoms with Crippen molar-refractivity contribution in [1.82, 2.24) is 9.78 Å². The van der Waals surface area contributed by atoms with Crippen LogP contribution in [0.5, 0.6) is 0 Å². The van der Waals surface area contributed by atoms with Gasteiger partial charge in [0.25, 0.3) is 0 Å². The van der Waals surface area contributed by atoms with Gasteiger partial charge in [-0.25, -0.2) is 0 Å². The molecule has 1 heterocycles. The van der Waals surface area contributed by atoms with Gasteiger partial charge in [0.05, 0.1) is 0 Å². The molecule has 3 heteroatoms. The molecule has 0 aliphatic rings. The van der Waals surface area contributed by atoms with E-state index in [1.54, 1.807) is 21.5 Å². The SMILES string of the molecule is Cn1cc([AsH2])cn1. The molecule has 0 N–H and O–H groups in total. The van der Waals surface area contributed by atoms with Gasteiger partial charge in [0.2, 0.25) is 0 Å². The van der Waals surface area contributed by atoms with Crippen LogP contribution in [0, 0.1) is 0 Å². The summed E-state index contributed by atoms with van der Waals surface area (Å²) < 4.78 is 3.08. The summed E-state index contributed by atoms with van der Waals surface area (Å²) >= 11 is 1.61. The second-order valence-corrected chi connectivity index (χ2v) is 2.85. The zero-order valence-electron chi connectivity index (χ0n) is 4.13. The van der Waals surface area contributed by atoms with Crippen LogP contribution in [-0.4, -0.2) is 26.6 Å². The van der Waals surface area contributed by atoms with E-state index in [0.717, 1.165) is 0 Å². The molecule has 1 atom stereocenters. The number of hydrogen-bond acceptors (Lipinski definition) is 1. The molecule has 0 aromatic carbocycles. The maximum absolute atomic E-state index is 3.95. The van der Waals surface area contributed by atoms with E-state index >= 15 is 0 Å². The topological polar surface area (TPSA) is 17.8 Å². The summed E-state index contributed by atoms with van der Waals surface area (Å²) in [5.41, 5.74) is 0. The minimum absolute atomic E-state index is 1.27. The van der Waals surface area contributed by atoms with E-state index < -0.39 is 0 Å². The molecule has 1 aromatic heterocycles. The Balaban J connectivity index is 3.04. The minimum atomic E-state index is 1.27. The van der Waals surface area contributed by atoms with E-state index in [-0.39, 0.29) is 0 Å². The number of rotatable bonds is 0. The van der Waals surface area contributed by atoms with Gasteiger partial charge in [-0.15, -0.1) is 0 Å². The van der Waals surface area contributed by atoms with E-state index in [0.29, 0.717) is 0 Å². The van der Waals surface area contributed by atoms with Crippen LogP contribution in [-0.2, 0) is 7.05 Å². The zero-order chi connectivity index (χ0) is 5.28. The van der Waals surface area contributed by atoms with Crippen molar-refractivity contribution in [1.29, 1.82) is 0 Å². The molecule has 0 saturated heterocycles. The van der Waals surface area contributed by atoms with Crippen molar-refractivity contribution in [3.8, 4) is 0 Å². The van der Waals surface area contributed by atoms with Gasteiger partial charge in [-0.2, -0.15) is 0 Å². The third-order valence-corrected chi connectivity index (χ3v) is 1.35. The van der Waals surface area contributed by atoms with Gasteiger partial charge in [0.15, 0.2) is 0 Å². The molecule has 1 aromatic rings. The molecule has 0 aliphatic carbocycles. The van der Waals surface area contributed by atoms with Crippen molar-refractivity contribution in [3.63, 3.8) is 0 Å². The van der Waals surface area contributed by atoms with Crippen LogP contribution >= 0.6 is 0 Å². The predicted octanol–water partition coefficient (Wildman–Crippen LogP) is -1.32. The van der Waals surface area contributed by atoms with Crippen LogP contribution in [0.15, 0.2) is 12.4 Å². The number of aryl methyl sites for hydroxylation is 1. The summed E-state index contributed by atoms with van der Waals surface area (Å²) in [5, 5.41) is 3.95. The quantitative estimate of drug-likeness (QED) is 0.428. The molecule has 0 spiro atoms. The molecule has 1 unspecified atom stereocenters. The summed E-state index contributed by atoms with van der Waals surface area (Å²) in [4.78, 5) is 0. The van der Waals surface area contributed by atoms with Crippen molar-refractivity contribution >= 4 is 21.2 Å². The third-order valence-electron chi connectivity index (χ3n) is 0.725. The van der Waals surface area contributed by atoms with Gasteiger partial charge in [0, 0.05) is 0 Å². The fraction of sp³-hybridized carbons (Fsp3) is 0.250. The molecule has 0 aliphatic heterocycles. The monoisotopic (exact) mass is 158 g/mol. The first kappa shape index (κ1) is 4.92. The Morgan fingerprint density at radius 3 is 2.71 bits per heavy atom. The molecule has 2 nitrogen and oxygen atoms in total. The molecule has 38 valence electrons. The van der Waals surface area contributed by atoms with Crippen LogP contribution in [0.2, 0.25) is 0 Å². The number of aromatic nitrogens is 2. The van der Waals surface area contributed by atoms with E-state index in [4.69, 9.17) is 0 Å². The third kappa shape index (κ3) is 1.07. The Morgan fingerprint density at radius 2 is 2.57 bits per heavy atom.